The molecule has 0 saturated carbocycles. The molecule has 0 fully saturated rings. The van der Waals surface area contributed by atoms with Crippen molar-refractivity contribution in [2.75, 3.05) is 0 Å². The lowest BCUT2D eigenvalue weighted by atomic mass is 10.0. The van der Waals surface area contributed by atoms with Crippen LogP contribution in [-0.4, -0.2) is 95.6 Å². The lowest BCUT2D eigenvalue weighted by Gasteiger charge is -2.05. The second-order valence-electron chi connectivity index (χ2n) is 21.7. The van der Waals surface area contributed by atoms with E-state index in [-0.39, 0.29) is 0 Å². The fourth-order valence-corrected chi connectivity index (χ4v) is 11.5. The molecule has 0 spiro atoms. The number of H-pyrrole nitrogens is 7. The summed E-state index contributed by atoms with van der Waals surface area (Å²) < 4.78 is 0. The molecular formula is C76H65N19. The van der Waals surface area contributed by atoms with Crippen LogP contribution in [0.3, 0.4) is 0 Å². The summed E-state index contributed by atoms with van der Waals surface area (Å²) in [5, 5.41) is 35.3. The number of rotatable bonds is 11. The molecule has 0 unspecified atom stereocenters. The van der Waals surface area contributed by atoms with Gasteiger partial charge in [0.15, 0.2) is 0 Å². The Hall–Kier alpha value is -12.9. The van der Waals surface area contributed by atoms with Crippen LogP contribution >= 0.6 is 0 Å². The molecule has 19 heteroatoms. The van der Waals surface area contributed by atoms with E-state index in [4.69, 9.17) is 0 Å². The Labute approximate surface area is 546 Å². The molecule has 7 N–H and O–H groups in total. The number of pyridine rings is 6. The van der Waals surface area contributed by atoms with Gasteiger partial charge < -0.3 is 15.0 Å². The fourth-order valence-electron chi connectivity index (χ4n) is 11.5. The standard InChI is InChI=1S/C25H18N6.C24H20N6.C23H15N7.2C2H6/c1-15-10-18(14-27-13-15)17-2-3-22-21(11-17)24(31-30-22)23-12-20-19(6-9-28-25(20)29-23)16-4-7-26-8-5-16;1-3-6-18(21-7-4-5-10-25-21)19-12-23(28-15(19)2)24-20-11-16(17-13-26-27-14-17)8-9-22(20)29-30-24;1-2-19-18(11-15(1)21-13-25-9-10-26-21)22(30-29-19)20-12-17-16(5-8-27-23(17)28-20)14-3-6-24-7-4-14;2*1-2/h2-14H,1H3,(H,28,29)(H,30,31);3-14,28H,1H2,2H3,(H,26,27)(H,29,30);1-13H,(H,27,28)(H,29,30);2*1-2H3/b;18-6+;;;. The molecule has 0 aliphatic rings. The molecule has 0 radical (unpaired) electrons. The van der Waals surface area contributed by atoms with Crippen LogP contribution in [0.2, 0.25) is 0 Å². The minimum Gasteiger partial charge on any atom is -0.357 e. The van der Waals surface area contributed by atoms with Crippen molar-refractivity contribution < 1.29 is 0 Å². The molecule has 17 aromatic rings. The molecule has 0 amide bonds. The summed E-state index contributed by atoms with van der Waals surface area (Å²) in [6, 6.07) is 45.1. The monoisotopic (exact) mass is 1240 g/mol. The average Bonchev–Trinajstić information content (AvgIpc) is 1.71. The molecule has 0 aliphatic carbocycles. The Balaban J connectivity index is 0.000000126. The van der Waals surface area contributed by atoms with E-state index in [0.717, 1.165) is 173 Å². The van der Waals surface area contributed by atoms with Gasteiger partial charge in [0, 0.05) is 135 Å². The SMILES string of the molecule is C=C/C=C(/c1ccccn1)c1cc(-c2n[nH]c3ccc(-c4cn[nH]c4)cc23)[nH]c1C.CC.CC.Cc1cncc(-c2ccc3[nH]nc(-c4cc5c(-c6ccncc6)ccnc5[nH]4)c3c2)c1.c1cc(-c2ccnc3[nH]c(-c4n[nH]c5ccc(-c6cnccn6)cc45)cc23)ccn1. The second-order valence-corrected chi connectivity index (χ2v) is 21.7. The van der Waals surface area contributed by atoms with Gasteiger partial charge in [-0.2, -0.15) is 20.4 Å². The van der Waals surface area contributed by atoms with Crippen molar-refractivity contribution in [1.82, 2.24) is 95.6 Å². The van der Waals surface area contributed by atoms with Crippen LogP contribution in [0.5, 0.6) is 0 Å². The summed E-state index contributed by atoms with van der Waals surface area (Å²) >= 11 is 0. The molecule has 17 rings (SSSR count). The average molecular weight is 1240 g/mol. The Bertz CT molecular complexity index is 5460. The smallest absolute Gasteiger partial charge is 0.138 e. The number of benzene rings is 3. The van der Waals surface area contributed by atoms with Crippen molar-refractivity contribution in [2.45, 2.75) is 41.5 Å². The van der Waals surface area contributed by atoms with Crippen LogP contribution in [0.25, 0.3) is 150 Å². The molecule has 0 saturated heterocycles. The highest BCUT2D eigenvalue weighted by Crippen LogP contribution is 2.38. The zero-order chi connectivity index (χ0) is 65.2. The van der Waals surface area contributed by atoms with E-state index in [2.05, 4.69) is 177 Å². The highest BCUT2D eigenvalue weighted by Gasteiger charge is 2.20. The maximum absolute atomic E-state index is 4.61. The number of fused-ring (bicyclic) bond motifs is 5. The van der Waals surface area contributed by atoms with Crippen LogP contribution in [-0.2, 0) is 0 Å². The van der Waals surface area contributed by atoms with E-state index in [1.807, 2.05) is 144 Å². The third-order valence-corrected chi connectivity index (χ3v) is 15.9. The maximum Gasteiger partial charge on any atom is 0.138 e. The molecule has 95 heavy (non-hydrogen) atoms. The van der Waals surface area contributed by atoms with Gasteiger partial charge in [0.1, 0.15) is 28.4 Å². The largest absolute Gasteiger partial charge is 0.357 e. The summed E-state index contributed by atoms with van der Waals surface area (Å²) in [7, 11) is 0. The zero-order valence-corrected chi connectivity index (χ0v) is 53.0. The van der Waals surface area contributed by atoms with Gasteiger partial charge in [0.2, 0.25) is 0 Å². The highest BCUT2D eigenvalue weighted by molar-refractivity contribution is 6.03. The number of hydrogen-bond acceptors (Lipinski definition) is 12. The van der Waals surface area contributed by atoms with Gasteiger partial charge in [0.05, 0.1) is 57.4 Å². The molecule has 0 atom stereocenters. The first-order valence-electron chi connectivity index (χ1n) is 31.2. The third-order valence-electron chi connectivity index (χ3n) is 15.9. The Morgan fingerprint density at radius 2 is 0.968 bits per heavy atom. The van der Waals surface area contributed by atoms with E-state index >= 15 is 0 Å². The van der Waals surface area contributed by atoms with Gasteiger partial charge in [-0.15, -0.1) is 0 Å². The number of allylic oxidation sites excluding steroid dienone is 2. The molecule has 0 bridgehead atoms. The number of aromatic amines is 7. The summed E-state index contributed by atoms with van der Waals surface area (Å²) in [4.78, 5) is 45.1. The van der Waals surface area contributed by atoms with Crippen molar-refractivity contribution in [1.29, 1.82) is 0 Å². The lowest BCUT2D eigenvalue weighted by molar-refractivity contribution is 1.09. The van der Waals surface area contributed by atoms with Crippen molar-refractivity contribution >= 4 is 60.3 Å². The quantitative estimate of drug-likeness (QED) is 0.0596. The number of nitrogens with zero attached hydrogens (tertiary/aromatic N) is 12. The number of aryl methyl sites for hydroxylation is 2. The Kier molecular flexibility index (Phi) is 17.8. The normalized spacial score (nSPS) is 11.2. The van der Waals surface area contributed by atoms with E-state index in [9.17, 15) is 0 Å². The Morgan fingerprint density at radius 1 is 0.411 bits per heavy atom. The first-order valence-corrected chi connectivity index (χ1v) is 31.2. The molecule has 19 nitrogen and oxygen atoms in total. The van der Waals surface area contributed by atoms with Gasteiger partial charge in [-0.05, 0) is 162 Å². The molecule has 0 aliphatic heterocycles. The van der Waals surface area contributed by atoms with Crippen LogP contribution in [0.1, 0.15) is 50.2 Å². The third kappa shape index (κ3) is 12.5. The van der Waals surface area contributed by atoms with Gasteiger partial charge in [-0.1, -0.05) is 70.7 Å². The van der Waals surface area contributed by atoms with Crippen LogP contribution in [0, 0.1) is 13.8 Å². The molecular weight excluding hydrogens is 1180 g/mol. The van der Waals surface area contributed by atoms with Crippen LogP contribution in [0.15, 0.2) is 239 Å². The maximum atomic E-state index is 4.61. The minimum atomic E-state index is 0.820. The first kappa shape index (κ1) is 61.0. The number of nitrogens with one attached hydrogen (secondary N) is 7. The molecule has 14 aromatic heterocycles. The van der Waals surface area contributed by atoms with E-state index in [1.165, 1.54) is 0 Å². The second kappa shape index (κ2) is 27.7. The van der Waals surface area contributed by atoms with Crippen LogP contribution < -0.4 is 0 Å². The predicted octanol–water partition coefficient (Wildman–Crippen LogP) is 17.5. The van der Waals surface area contributed by atoms with Crippen LogP contribution in [0.4, 0.5) is 0 Å². The fraction of sp³-hybridized carbons (Fsp3) is 0.0789. The van der Waals surface area contributed by atoms with Crippen molar-refractivity contribution in [3.8, 4) is 89.9 Å². The van der Waals surface area contributed by atoms with Crippen molar-refractivity contribution in [2.24, 2.45) is 0 Å². The summed E-state index contributed by atoms with van der Waals surface area (Å²) in [6.07, 6.45) is 29.0. The highest BCUT2D eigenvalue weighted by atomic mass is 15.1. The predicted molar refractivity (Wildman–Crippen MR) is 380 cm³/mol. The lowest BCUT2D eigenvalue weighted by Crippen LogP contribution is -1.91. The number of hydrogen-bond donors (Lipinski definition) is 7. The van der Waals surface area contributed by atoms with E-state index in [0.29, 0.717) is 0 Å². The zero-order valence-electron chi connectivity index (χ0n) is 53.0. The molecule has 3 aromatic carbocycles. The first-order chi connectivity index (χ1) is 46.9. The van der Waals surface area contributed by atoms with E-state index < -0.39 is 0 Å². The minimum absolute atomic E-state index is 0.820. The summed E-state index contributed by atoms with van der Waals surface area (Å²) in [5.74, 6) is 0. The Morgan fingerprint density at radius 3 is 1.48 bits per heavy atom. The van der Waals surface area contributed by atoms with Gasteiger partial charge in [-0.25, -0.2) is 9.97 Å². The van der Waals surface area contributed by atoms with E-state index in [1.54, 1.807) is 55.7 Å². The van der Waals surface area contributed by atoms with Gasteiger partial charge >= 0.3 is 0 Å². The van der Waals surface area contributed by atoms with Crippen molar-refractivity contribution in [3.63, 3.8) is 0 Å². The molecule has 14 heterocycles. The van der Waals surface area contributed by atoms with Crippen molar-refractivity contribution in [3.05, 3.63) is 261 Å². The molecule has 464 valence electrons. The van der Waals surface area contributed by atoms with Gasteiger partial charge in [-0.3, -0.25) is 50.3 Å². The number of aromatic nitrogens is 19. The topological polar surface area (TPSA) is 265 Å². The van der Waals surface area contributed by atoms with Gasteiger partial charge in [0.25, 0.3) is 0 Å². The summed E-state index contributed by atoms with van der Waals surface area (Å²) in [5.41, 5.74) is 25.7. The summed E-state index contributed by atoms with van der Waals surface area (Å²) in [6.45, 7) is 16.0.